The van der Waals surface area contributed by atoms with E-state index in [9.17, 15) is 0 Å². The molecule has 2 heterocycles. The molecule has 0 radical (unpaired) electrons. The molecule has 0 spiro atoms. The highest BCUT2D eigenvalue weighted by Gasteiger charge is 2.30. The van der Waals surface area contributed by atoms with E-state index in [0.29, 0.717) is 12.2 Å². The highest BCUT2D eigenvalue weighted by atomic mass is 79.9. The third-order valence-electron chi connectivity index (χ3n) is 4.87. The number of halogens is 1. The maximum absolute atomic E-state index is 5.86. The zero-order valence-electron chi connectivity index (χ0n) is 13.7. The molecule has 2 saturated heterocycles. The topological polar surface area (TPSA) is 15.7 Å². The molecule has 1 aromatic rings. The normalized spacial score (nSPS) is 28.9. The van der Waals surface area contributed by atoms with Crippen molar-refractivity contribution in [2.75, 3.05) is 26.2 Å². The summed E-state index contributed by atoms with van der Waals surface area (Å²) in [6, 6.07) is 9.31. The third-order valence-corrected chi connectivity index (χ3v) is 5.65. The van der Waals surface area contributed by atoms with Crippen LogP contribution in [0.2, 0.25) is 0 Å². The first-order valence-corrected chi connectivity index (χ1v) is 9.26. The van der Waals surface area contributed by atoms with Gasteiger partial charge in [-0.2, -0.15) is 0 Å². The minimum Gasteiger partial charge on any atom is -0.373 e. The van der Waals surface area contributed by atoms with Crippen LogP contribution in [0.15, 0.2) is 28.7 Å². The number of morpholine rings is 1. The monoisotopic (exact) mass is 366 g/mol. The van der Waals surface area contributed by atoms with Crippen LogP contribution in [-0.4, -0.2) is 54.2 Å². The number of ether oxygens (including phenoxy) is 1. The average molecular weight is 367 g/mol. The van der Waals surface area contributed by atoms with Gasteiger partial charge in [0.05, 0.1) is 12.2 Å². The molecule has 2 aliphatic rings. The van der Waals surface area contributed by atoms with Crippen LogP contribution >= 0.6 is 15.9 Å². The van der Waals surface area contributed by atoms with Crippen LogP contribution < -0.4 is 0 Å². The molecule has 1 aromatic carbocycles. The number of piperidine rings is 1. The number of hydrogen-bond acceptors (Lipinski definition) is 3. The minimum absolute atomic E-state index is 0.377. The second kappa shape index (κ2) is 7.43. The minimum atomic E-state index is 0.377. The highest BCUT2D eigenvalue weighted by Crippen LogP contribution is 2.24. The molecule has 3 nitrogen and oxygen atoms in total. The molecule has 22 heavy (non-hydrogen) atoms. The Labute approximate surface area is 142 Å². The molecule has 4 heteroatoms. The van der Waals surface area contributed by atoms with Gasteiger partial charge < -0.3 is 4.74 Å². The zero-order valence-corrected chi connectivity index (χ0v) is 15.3. The van der Waals surface area contributed by atoms with Crippen molar-refractivity contribution in [2.45, 2.75) is 51.5 Å². The number of likely N-dealkylation sites (tertiary alicyclic amines) is 1. The average Bonchev–Trinajstić information content (AvgIpc) is 2.49. The maximum Gasteiger partial charge on any atom is 0.0678 e. The maximum atomic E-state index is 5.86. The summed E-state index contributed by atoms with van der Waals surface area (Å²) in [5, 5.41) is 0. The lowest BCUT2D eigenvalue weighted by Crippen LogP contribution is -2.53. The Kier molecular flexibility index (Phi) is 5.55. The van der Waals surface area contributed by atoms with Crippen LogP contribution in [0.4, 0.5) is 0 Å². The van der Waals surface area contributed by atoms with E-state index in [2.05, 4.69) is 63.8 Å². The van der Waals surface area contributed by atoms with Gasteiger partial charge >= 0.3 is 0 Å². The van der Waals surface area contributed by atoms with Gasteiger partial charge in [-0.25, -0.2) is 0 Å². The number of benzene rings is 1. The Balaban J connectivity index is 1.51. The molecule has 122 valence electrons. The van der Waals surface area contributed by atoms with E-state index in [1.807, 2.05) is 0 Å². The molecule has 0 bridgehead atoms. The van der Waals surface area contributed by atoms with Crippen molar-refractivity contribution >= 4 is 15.9 Å². The van der Waals surface area contributed by atoms with Gasteiger partial charge in [-0.3, -0.25) is 9.80 Å². The molecule has 0 amide bonds. The lowest BCUT2D eigenvalue weighted by atomic mass is 10.0. The molecule has 2 fully saturated rings. The summed E-state index contributed by atoms with van der Waals surface area (Å²) in [6.07, 6.45) is 3.32. The van der Waals surface area contributed by atoms with E-state index < -0.39 is 0 Å². The number of hydrogen-bond donors (Lipinski definition) is 0. The summed E-state index contributed by atoms with van der Waals surface area (Å²) in [5.74, 6) is 0. The second-order valence-corrected chi connectivity index (χ2v) is 7.66. The van der Waals surface area contributed by atoms with Crippen molar-refractivity contribution in [3.63, 3.8) is 0 Å². The summed E-state index contributed by atoms with van der Waals surface area (Å²) in [4.78, 5) is 5.25. The Bertz CT molecular complexity index is 478. The fourth-order valence-corrected chi connectivity index (χ4v) is 4.24. The van der Waals surface area contributed by atoms with Crippen LogP contribution in [0.5, 0.6) is 0 Å². The molecule has 0 N–H and O–H groups in total. The van der Waals surface area contributed by atoms with Gasteiger partial charge in [-0.15, -0.1) is 0 Å². The molecule has 3 rings (SSSR count). The van der Waals surface area contributed by atoms with E-state index in [1.54, 1.807) is 0 Å². The first kappa shape index (κ1) is 16.4. The second-order valence-electron chi connectivity index (χ2n) is 6.81. The molecule has 0 aromatic heterocycles. The lowest BCUT2D eigenvalue weighted by molar-refractivity contribution is -0.0865. The van der Waals surface area contributed by atoms with Crippen molar-refractivity contribution in [3.8, 4) is 0 Å². The highest BCUT2D eigenvalue weighted by molar-refractivity contribution is 9.10. The fourth-order valence-electron chi connectivity index (χ4n) is 3.83. The molecule has 2 aliphatic heterocycles. The van der Waals surface area contributed by atoms with Crippen molar-refractivity contribution in [1.82, 2.24) is 9.80 Å². The summed E-state index contributed by atoms with van der Waals surface area (Å²) in [6.45, 7) is 10.1. The van der Waals surface area contributed by atoms with Gasteiger partial charge in [0, 0.05) is 30.1 Å². The Morgan fingerprint density at radius 3 is 2.36 bits per heavy atom. The van der Waals surface area contributed by atoms with Crippen molar-refractivity contribution in [2.24, 2.45) is 0 Å². The predicted molar refractivity (Wildman–Crippen MR) is 94.0 cm³/mol. The van der Waals surface area contributed by atoms with E-state index in [4.69, 9.17) is 4.74 Å². The predicted octanol–water partition coefficient (Wildman–Crippen LogP) is 3.52. The summed E-state index contributed by atoms with van der Waals surface area (Å²) < 4.78 is 7.09. The standard InChI is InChI=1S/C18H27BrN2O/c1-14-11-21(12-15(2)22-14)17-7-9-20(10-8-17)13-16-5-3-4-6-18(16)19/h3-6,14-15,17H,7-13H2,1-2H3/t14-,15+. The van der Waals surface area contributed by atoms with E-state index in [1.165, 1.54) is 36.0 Å². The van der Waals surface area contributed by atoms with Crippen LogP contribution in [0.1, 0.15) is 32.3 Å². The van der Waals surface area contributed by atoms with Crippen molar-refractivity contribution in [3.05, 3.63) is 34.3 Å². The zero-order chi connectivity index (χ0) is 15.5. The van der Waals surface area contributed by atoms with E-state index >= 15 is 0 Å². The molecular weight excluding hydrogens is 340 g/mol. The molecule has 0 aliphatic carbocycles. The van der Waals surface area contributed by atoms with Crippen LogP contribution in [0, 0.1) is 0 Å². The van der Waals surface area contributed by atoms with Gasteiger partial charge in [0.2, 0.25) is 0 Å². The van der Waals surface area contributed by atoms with Crippen LogP contribution in [-0.2, 0) is 11.3 Å². The fraction of sp³-hybridized carbons (Fsp3) is 0.667. The molecule has 0 unspecified atom stereocenters. The van der Waals surface area contributed by atoms with Crippen molar-refractivity contribution < 1.29 is 4.74 Å². The van der Waals surface area contributed by atoms with Gasteiger partial charge in [0.25, 0.3) is 0 Å². The van der Waals surface area contributed by atoms with Gasteiger partial charge in [-0.05, 0) is 51.4 Å². The van der Waals surface area contributed by atoms with Gasteiger partial charge in [-0.1, -0.05) is 34.1 Å². The third kappa shape index (κ3) is 4.10. The lowest BCUT2D eigenvalue weighted by Gasteiger charge is -2.43. The van der Waals surface area contributed by atoms with E-state index in [-0.39, 0.29) is 0 Å². The Hall–Kier alpha value is -0.420. The Morgan fingerprint density at radius 2 is 1.73 bits per heavy atom. The summed E-state index contributed by atoms with van der Waals surface area (Å²) in [7, 11) is 0. The number of nitrogens with zero attached hydrogens (tertiary/aromatic N) is 2. The smallest absolute Gasteiger partial charge is 0.0678 e. The van der Waals surface area contributed by atoms with Crippen LogP contribution in [0.25, 0.3) is 0 Å². The summed E-state index contributed by atoms with van der Waals surface area (Å²) >= 11 is 3.66. The first-order valence-electron chi connectivity index (χ1n) is 8.47. The number of rotatable bonds is 3. The largest absolute Gasteiger partial charge is 0.373 e. The summed E-state index contributed by atoms with van der Waals surface area (Å²) in [5.41, 5.74) is 1.40. The van der Waals surface area contributed by atoms with E-state index in [0.717, 1.165) is 25.7 Å². The SMILES string of the molecule is C[C@@H]1CN(C2CCN(Cc3ccccc3Br)CC2)C[C@H](C)O1. The van der Waals surface area contributed by atoms with Crippen molar-refractivity contribution in [1.29, 1.82) is 0 Å². The molecular formula is C18H27BrN2O. The first-order chi connectivity index (χ1) is 10.6. The molecule has 0 saturated carbocycles. The Morgan fingerprint density at radius 1 is 1.09 bits per heavy atom. The van der Waals surface area contributed by atoms with Gasteiger partial charge in [0.1, 0.15) is 0 Å². The van der Waals surface area contributed by atoms with Gasteiger partial charge in [0.15, 0.2) is 0 Å². The quantitative estimate of drug-likeness (QED) is 0.813. The molecule has 2 atom stereocenters. The van der Waals surface area contributed by atoms with Crippen LogP contribution in [0.3, 0.4) is 0 Å².